The zero-order valence-electron chi connectivity index (χ0n) is 7.60. The van der Waals surface area contributed by atoms with Crippen LogP contribution in [0, 0.1) is 3.57 Å². The Morgan fingerprint density at radius 2 is 2.15 bits per heavy atom. The smallest absolute Gasteiger partial charge is 0.0578 e. The summed E-state index contributed by atoms with van der Waals surface area (Å²) in [6.07, 6.45) is 2.50. The van der Waals surface area contributed by atoms with Crippen LogP contribution in [-0.2, 0) is 0 Å². The van der Waals surface area contributed by atoms with Gasteiger partial charge in [-0.15, -0.1) is 0 Å². The molecule has 1 aliphatic rings. The average molecular weight is 288 g/mol. The van der Waals surface area contributed by atoms with Crippen molar-refractivity contribution in [3.63, 3.8) is 0 Å². The number of rotatable bonds is 2. The number of benzene rings is 1. The molecule has 3 N–H and O–H groups in total. The van der Waals surface area contributed by atoms with Gasteiger partial charge in [-0.1, -0.05) is 0 Å². The SMILES string of the molecule is CC1(Nc2ccc(I)cc2N)CC1. The van der Waals surface area contributed by atoms with E-state index in [1.165, 1.54) is 16.4 Å². The Kier molecular flexibility index (Phi) is 2.14. The number of hydrogen-bond acceptors (Lipinski definition) is 2. The first-order valence-corrected chi connectivity index (χ1v) is 5.50. The van der Waals surface area contributed by atoms with Gasteiger partial charge < -0.3 is 11.1 Å². The van der Waals surface area contributed by atoms with E-state index < -0.39 is 0 Å². The van der Waals surface area contributed by atoms with Crippen LogP contribution in [0.25, 0.3) is 0 Å². The molecule has 0 amide bonds. The van der Waals surface area contributed by atoms with Crippen LogP contribution in [0.15, 0.2) is 18.2 Å². The van der Waals surface area contributed by atoms with Crippen LogP contribution in [0.5, 0.6) is 0 Å². The van der Waals surface area contributed by atoms with E-state index in [2.05, 4.69) is 47.0 Å². The van der Waals surface area contributed by atoms with Gasteiger partial charge in [-0.3, -0.25) is 0 Å². The summed E-state index contributed by atoms with van der Waals surface area (Å²) in [6.45, 7) is 2.23. The van der Waals surface area contributed by atoms with Crippen molar-refractivity contribution in [2.45, 2.75) is 25.3 Å². The molecule has 13 heavy (non-hydrogen) atoms. The third kappa shape index (κ3) is 2.07. The average Bonchev–Trinajstić information content (AvgIpc) is 2.75. The van der Waals surface area contributed by atoms with E-state index >= 15 is 0 Å². The molecule has 2 nitrogen and oxygen atoms in total. The van der Waals surface area contributed by atoms with E-state index in [4.69, 9.17) is 5.73 Å². The molecule has 0 radical (unpaired) electrons. The Morgan fingerprint density at radius 3 is 2.69 bits per heavy atom. The van der Waals surface area contributed by atoms with Crippen molar-refractivity contribution < 1.29 is 0 Å². The molecular weight excluding hydrogens is 275 g/mol. The fourth-order valence-electron chi connectivity index (χ4n) is 1.29. The fraction of sp³-hybridized carbons (Fsp3) is 0.400. The minimum Gasteiger partial charge on any atom is -0.397 e. The van der Waals surface area contributed by atoms with Gasteiger partial charge in [-0.25, -0.2) is 0 Å². The van der Waals surface area contributed by atoms with E-state index in [1.807, 2.05) is 6.07 Å². The molecule has 0 aromatic heterocycles. The fourth-order valence-corrected chi connectivity index (χ4v) is 1.80. The Morgan fingerprint density at radius 1 is 1.46 bits per heavy atom. The summed E-state index contributed by atoms with van der Waals surface area (Å²) in [6, 6.07) is 6.13. The summed E-state index contributed by atoms with van der Waals surface area (Å²) in [5, 5.41) is 3.46. The number of nitrogens with one attached hydrogen (secondary N) is 1. The molecule has 1 fully saturated rings. The number of nitrogen functional groups attached to an aromatic ring is 1. The number of halogens is 1. The standard InChI is InChI=1S/C10H13IN2/c1-10(4-5-10)13-9-3-2-7(11)6-8(9)12/h2-3,6,13H,4-5,12H2,1H3. The third-order valence-electron chi connectivity index (χ3n) is 2.45. The van der Waals surface area contributed by atoms with E-state index in [9.17, 15) is 0 Å². The second-order valence-corrected chi connectivity index (χ2v) is 5.16. The van der Waals surface area contributed by atoms with Crippen molar-refractivity contribution in [2.75, 3.05) is 11.1 Å². The van der Waals surface area contributed by atoms with Crippen molar-refractivity contribution >= 4 is 34.0 Å². The minimum atomic E-state index is 0.306. The van der Waals surface area contributed by atoms with Gasteiger partial charge in [0, 0.05) is 9.11 Å². The second kappa shape index (κ2) is 3.04. The minimum absolute atomic E-state index is 0.306. The van der Waals surface area contributed by atoms with Crippen LogP contribution in [0.3, 0.4) is 0 Å². The second-order valence-electron chi connectivity index (χ2n) is 3.92. The normalized spacial score (nSPS) is 18.3. The lowest BCUT2D eigenvalue weighted by Crippen LogP contribution is -2.16. The van der Waals surface area contributed by atoms with Crippen molar-refractivity contribution in [3.05, 3.63) is 21.8 Å². The summed E-state index contributed by atoms with van der Waals surface area (Å²) in [4.78, 5) is 0. The number of anilines is 2. The first-order chi connectivity index (χ1) is 6.09. The van der Waals surface area contributed by atoms with E-state index in [0.29, 0.717) is 5.54 Å². The van der Waals surface area contributed by atoms with Crippen molar-refractivity contribution in [1.82, 2.24) is 0 Å². The largest absolute Gasteiger partial charge is 0.397 e. The molecule has 3 heteroatoms. The molecule has 0 spiro atoms. The molecule has 0 atom stereocenters. The van der Waals surface area contributed by atoms with Crippen LogP contribution in [0.4, 0.5) is 11.4 Å². The van der Waals surface area contributed by atoms with Crippen LogP contribution >= 0.6 is 22.6 Å². The molecule has 1 saturated carbocycles. The van der Waals surface area contributed by atoms with Crippen LogP contribution in [0.2, 0.25) is 0 Å². The maximum absolute atomic E-state index is 5.89. The van der Waals surface area contributed by atoms with Gasteiger partial charge in [-0.05, 0) is 60.6 Å². The molecule has 1 aliphatic carbocycles. The highest BCUT2D eigenvalue weighted by Gasteiger charge is 2.37. The molecule has 70 valence electrons. The maximum atomic E-state index is 5.89. The quantitative estimate of drug-likeness (QED) is 0.648. The highest BCUT2D eigenvalue weighted by Crippen LogP contribution is 2.39. The summed E-state index contributed by atoms with van der Waals surface area (Å²) in [7, 11) is 0. The number of hydrogen-bond donors (Lipinski definition) is 2. The van der Waals surface area contributed by atoms with Crippen LogP contribution in [-0.4, -0.2) is 5.54 Å². The van der Waals surface area contributed by atoms with Gasteiger partial charge in [-0.2, -0.15) is 0 Å². The predicted octanol–water partition coefficient (Wildman–Crippen LogP) is 2.84. The van der Waals surface area contributed by atoms with Crippen molar-refractivity contribution in [3.8, 4) is 0 Å². The van der Waals surface area contributed by atoms with Crippen LogP contribution in [0.1, 0.15) is 19.8 Å². The molecule has 1 aromatic rings. The molecular formula is C10H13IN2. The van der Waals surface area contributed by atoms with E-state index in [0.717, 1.165) is 11.4 Å². The molecule has 1 aromatic carbocycles. The lowest BCUT2D eigenvalue weighted by atomic mass is 10.2. The number of nitrogens with two attached hydrogens (primary N) is 1. The first-order valence-electron chi connectivity index (χ1n) is 4.42. The lowest BCUT2D eigenvalue weighted by Gasteiger charge is -2.15. The monoisotopic (exact) mass is 288 g/mol. The van der Waals surface area contributed by atoms with Crippen molar-refractivity contribution in [1.29, 1.82) is 0 Å². The van der Waals surface area contributed by atoms with Gasteiger partial charge in [0.2, 0.25) is 0 Å². The Balaban J connectivity index is 2.20. The van der Waals surface area contributed by atoms with Gasteiger partial charge in [0.15, 0.2) is 0 Å². The van der Waals surface area contributed by atoms with Gasteiger partial charge in [0.25, 0.3) is 0 Å². The molecule has 2 rings (SSSR count). The summed E-state index contributed by atoms with van der Waals surface area (Å²) >= 11 is 2.27. The van der Waals surface area contributed by atoms with Crippen molar-refractivity contribution in [2.24, 2.45) is 0 Å². The highest BCUT2D eigenvalue weighted by atomic mass is 127. The van der Waals surface area contributed by atoms with Gasteiger partial charge in [0.1, 0.15) is 0 Å². The molecule has 0 bridgehead atoms. The lowest BCUT2D eigenvalue weighted by molar-refractivity contribution is 0.830. The predicted molar refractivity (Wildman–Crippen MR) is 64.8 cm³/mol. The van der Waals surface area contributed by atoms with E-state index in [-0.39, 0.29) is 0 Å². The van der Waals surface area contributed by atoms with Gasteiger partial charge in [0.05, 0.1) is 11.4 Å². The maximum Gasteiger partial charge on any atom is 0.0578 e. The zero-order chi connectivity index (χ0) is 9.47. The zero-order valence-corrected chi connectivity index (χ0v) is 9.76. The van der Waals surface area contributed by atoms with E-state index in [1.54, 1.807) is 0 Å². The topological polar surface area (TPSA) is 38.0 Å². The molecule has 0 heterocycles. The Hall–Kier alpha value is -0.450. The van der Waals surface area contributed by atoms with Gasteiger partial charge >= 0.3 is 0 Å². The summed E-state index contributed by atoms with van der Waals surface area (Å²) < 4.78 is 1.18. The Bertz CT molecular complexity index is 332. The first kappa shape index (κ1) is 9.12. The highest BCUT2D eigenvalue weighted by molar-refractivity contribution is 14.1. The Labute approximate surface area is 92.0 Å². The molecule has 0 aliphatic heterocycles. The molecule has 0 unspecified atom stereocenters. The summed E-state index contributed by atoms with van der Waals surface area (Å²) in [5.74, 6) is 0. The van der Waals surface area contributed by atoms with Crippen LogP contribution < -0.4 is 11.1 Å². The summed E-state index contributed by atoms with van der Waals surface area (Å²) in [5.41, 5.74) is 8.11. The molecule has 0 saturated heterocycles. The third-order valence-corrected chi connectivity index (χ3v) is 3.12.